The van der Waals surface area contributed by atoms with Crippen LogP contribution in [0.3, 0.4) is 0 Å². The van der Waals surface area contributed by atoms with Crippen LogP contribution in [0, 0.1) is 0 Å². The summed E-state index contributed by atoms with van der Waals surface area (Å²) in [4.78, 5) is 12.6. The molecule has 1 aliphatic rings. The lowest BCUT2D eigenvalue weighted by Crippen LogP contribution is -2.38. The summed E-state index contributed by atoms with van der Waals surface area (Å²) in [5.41, 5.74) is 10.7. The molecule has 12 heteroatoms. The first-order valence-electron chi connectivity index (χ1n) is 12.2. The van der Waals surface area contributed by atoms with E-state index in [0.29, 0.717) is 43.3 Å². The number of anilines is 1. The first kappa shape index (κ1) is 25.9. The molecule has 0 saturated carbocycles. The van der Waals surface area contributed by atoms with Gasteiger partial charge in [-0.3, -0.25) is 10.4 Å². The van der Waals surface area contributed by atoms with E-state index in [1.165, 1.54) is 10.6 Å². The Morgan fingerprint density at radius 3 is 2.66 bits per heavy atom. The van der Waals surface area contributed by atoms with Gasteiger partial charge in [0, 0.05) is 60.0 Å². The minimum atomic E-state index is -3.22. The van der Waals surface area contributed by atoms with Gasteiger partial charge in [0.15, 0.2) is 0 Å². The molecule has 10 nitrogen and oxygen atoms in total. The number of thiocarbonyl (C=S) groups is 1. The van der Waals surface area contributed by atoms with E-state index < -0.39 is 10.0 Å². The quantitative estimate of drug-likeness (QED) is 0.259. The Kier molecular flexibility index (Phi) is 7.19. The molecule has 0 spiro atoms. The number of carbonyl (C=O) groups is 1. The molecule has 0 atom stereocenters. The van der Waals surface area contributed by atoms with Crippen LogP contribution in [0.5, 0.6) is 0 Å². The topological polar surface area (TPSA) is 138 Å². The predicted molar refractivity (Wildman–Crippen MR) is 152 cm³/mol. The van der Waals surface area contributed by atoms with E-state index in [0.717, 1.165) is 33.2 Å². The summed E-state index contributed by atoms with van der Waals surface area (Å²) in [5, 5.41) is 13.1. The van der Waals surface area contributed by atoms with Crippen LogP contribution in [0.15, 0.2) is 60.9 Å². The molecule has 2 aromatic carbocycles. The van der Waals surface area contributed by atoms with Crippen LogP contribution >= 0.6 is 12.2 Å². The van der Waals surface area contributed by atoms with E-state index in [2.05, 4.69) is 43.7 Å². The number of H-pyrrole nitrogens is 1. The van der Waals surface area contributed by atoms with Crippen LogP contribution in [-0.4, -0.2) is 57.9 Å². The lowest BCUT2D eigenvalue weighted by atomic mass is 10.0. The maximum atomic E-state index is 12.3. The Hall–Kier alpha value is -3.74. The number of nitrogens with one attached hydrogen (secondary N) is 3. The highest BCUT2D eigenvalue weighted by Gasteiger charge is 2.27. The summed E-state index contributed by atoms with van der Waals surface area (Å²) in [6.45, 7) is 1.29. The molecule has 0 bridgehead atoms. The molecule has 0 aliphatic carbocycles. The number of nitrogens with two attached hydrogens (primary N) is 1. The fourth-order valence-electron chi connectivity index (χ4n) is 4.91. The van der Waals surface area contributed by atoms with Gasteiger partial charge in [0.2, 0.25) is 10.0 Å². The molecular weight excluding hydrogens is 522 g/mol. The Labute approximate surface area is 226 Å². The normalized spacial score (nSPS) is 15.0. The number of urea groups is 1. The minimum Gasteiger partial charge on any atom is -0.389 e. The number of hydrogen-bond acceptors (Lipinski definition) is 5. The van der Waals surface area contributed by atoms with Crippen LogP contribution in [0.1, 0.15) is 30.0 Å². The maximum Gasteiger partial charge on any atom is 0.320 e. The number of benzene rings is 2. The lowest BCUT2D eigenvalue weighted by Gasteiger charge is -2.31. The van der Waals surface area contributed by atoms with Crippen molar-refractivity contribution in [1.29, 1.82) is 0 Å². The molecule has 1 saturated heterocycles. The third-order valence-corrected chi connectivity index (χ3v) is 8.38. The molecule has 38 heavy (non-hydrogen) atoms. The fraction of sp³-hybridized carbons (Fsp3) is 0.269. The summed E-state index contributed by atoms with van der Waals surface area (Å²) in [5.74, 6) is 0.510. The average Bonchev–Trinajstić information content (AvgIpc) is 3.55. The van der Waals surface area contributed by atoms with Crippen LogP contribution in [0.4, 0.5) is 10.6 Å². The number of nitrogens with zero attached hydrogens (tertiary/aromatic N) is 3. The molecule has 1 aliphatic heterocycles. The lowest BCUT2D eigenvalue weighted by molar-refractivity contribution is 0.251. The zero-order valence-corrected chi connectivity index (χ0v) is 22.5. The monoisotopic (exact) mass is 551 g/mol. The zero-order valence-electron chi connectivity index (χ0n) is 20.8. The van der Waals surface area contributed by atoms with Crippen molar-refractivity contribution in [3.05, 3.63) is 72.1 Å². The Morgan fingerprint density at radius 1 is 1.18 bits per heavy atom. The van der Waals surface area contributed by atoms with Crippen molar-refractivity contribution in [2.45, 2.75) is 25.4 Å². The average molecular weight is 552 g/mol. The third-order valence-electron chi connectivity index (χ3n) is 6.84. The molecule has 0 radical (unpaired) electrons. The maximum absolute atomic E-state index is 12.3. The number of aromatic nitrogens is 3. The van der Waals surface area contributed by atoms with Crippen molar-refractivity contribution in [2.24, 2.45) is 5.73 Å². The van der Waals surface area contributed by atoms with Crippen molar-refractivity contribution in [3.8, 4) is 11.1 Å². The number of carbonyl (C=O) groups excluding carboxylic acids is 1. The standard InChI is InChI=1S/C26H29N7O3S2/c1-38(35,36)32-11-8-20(9-12-32)33-16-22(18-3-2-4-19(14-18)25(27)37)21-6-5-17(13-23(21)33)15-28-26(34)30-24-7-10-29-31-24/h2-7,10,13-14,16,20H,8-9,11-12,15H2,1H3,(H2,27,37)(H3,28,29,30,31,34). The van der Waals surface area contributed by atoms with Gasteiger partial charge >= 0.3 is 6.03 Å². The summed E-state index contributed by atoms with van der Waals surface area (Å²) >= 11 is 5.19. The van der Waals surface area contributed by atoms with Crippen LogP contribution in [-0.2, 0) is 16.6 Å². The number of piperidine rings is 1. The van der Waals surface area contributed by atoms with Gasteiger partial charge in [-0.25, -0.2) is 17.5 Å². The summed E-state index contributed by atoms with van der Waals surface area (Å²) < 4.78 is 27.9. The molecule has 2 amide bonds. The van der Waals surface area contributed by atoms with E-state index in [-0.39, 0.29) is 12.1 Å². The van der Waals surface area contributed by atoms with Crippen LogP contribution in [0.25, 0.3) is 22.0 Å². The number of amides is 2. The summed E-state index contributed by atoms with van der Waals surface area (Å²) in [6.07, 6.45) is 6.36. The number of aromatic amines is 1. The van der Waals surface area contributed by atoms with Crippen molar-refractivity contribution in [3.63, 3.8) is 0 Å². The third kappa shape index (κ3) is 5.57. The van der Waals surface area contributed by atoms with Gasteiger partial charge in [0.05, 0.1) is 12.5 Å². The van der Waals surface area contributed by atoms with Crippen molar-refractivity contribution < 1.29 is 13.2 Å². The molecule has 4 aromatic rings. The number of rotatable bonds is 7. The van der Waals surface area contributed by atoms with E-state index >= 15 is 0 Å². The zero-order chi connectivity index (χ0) is 26.9. The first-order chi connectivity index (χ1) is 18.2. The number of fused-ring (bicyclic) bond motifs is 1. The summed E-state index contributed by atoms with van der Waals surface area (Å²) in [7, 11) is -3.22. The molecule has 0 unspecified atom stereocenters. The Morgan fingerprint density at radius 2 is 1.97 bits per heavy atom. The van der Waals surface area contributed by atoms with Gasteiger partial charge in [-0.15, -0.1) is 0 Å². The SMILES string of the molecule is CS(=O)(=O)N1CCC(n2cc(-c3cccc(C(N)=S)c3)c3ccc(CNC(=O)Nc4ccn[nH]4)cc32)CC1. The smallest absolute Gasteiger partial charge is 0.320 e. The largest absolute Gasteiger partial charge is 0.389 e. The van der Waals surface area contributed by atoms with Crippen LogP contribution in [0.2, 0.25) is 0 Å². The fourth-order valence-corrected chi connectivity index (χ4v) is 5.91. The van der Waals surface area contributed by atoms with E-state index in [9.17, 15) is 13.2 Å². The van der Waals surface area contributed by atoms with Crippen LogP contribution < -0.4 is 16.4 Å². The predicted octanol–water partition coefficient (Wildman–Crippen LogP) is 3.58. The van der Waals surface area contributed by atoms with Gasteiger partial charge in [-0.05, 0) is 36.1 Å². The molecular formula is C26H29N7O3S2. The number of hydrogen-bond donors (Lipinski definition) is 4. The van der Waals surface area contributed by atoms with Gasteiger partial charge < -0.3 is 15.6 Å². The molecule has 5 N–H and O–H groups in total. The second-order valence-corrected chi connectivity index (χ2v) is 11.8. The second kappa shape index (κ2) is 10.6. The molecule has 2 aromatic heterocycles. The highest BCUT2D eigenvalue weighted by molar-refractivity contribution is 7.88. The Balaban J connectivity index is 1.47. The van der Waals surface area contributed by atoms with E-state index in [1.54, 1.807) is 12.3 Å². The minimum absolute atomic E-state index is 0.134. The van der Waals surface area contributed by atoms with Gasteiger partial charge in [0.25, 0.3) is 0 Å². The van der Waals surface area contributed by atoms with E-state index in [1.807, 2.05) is 30.3 Å². The van der Waals surface area contributed by atoms with Gasteiger partial charge in [-0.2, -0.15) is 5.10 Å². The van der Waals surface area contributed by atoms with Crippen molar-refractivity contribution in [1.82, 2.24) is 24.4 Å². The first-order valence-corrected chi connectivity index (χ1v) is 14.5. The second-order valence-electron chi connectivity index (χ2n) is 9.42. The molecule has 198 valence electrons. The molecule has 1 fully saturated rings. The summed E-state index contributed by atoms with van der Waals surface area (Å²) in [6, 6.07) is 15.4. The molecule has 3 heterocycles. The van der Waals surface area contributed by atoms with Gasteiger partial charge in [0.1, 0.15) is 10.8 Å². The number of sulfonamides is 1. The van der Waals surface area contributed by atoms with Gasteiger partial charge in [-0.1, -0.05) is 42.5 Å². The highest BCUT2D eigenvalue weighted by atomic mass is 32.2. The molecule has 5 rings (SSSR count). The Bertz CT molecular complexity index is 1590. The van der Waals surface area contributed by atoms with E-state index in [4.69, 9.17) is 18.0 Å². The van der Waals surface area contributed by atoms with Crippen molar-refractivity contribution >= 4 is 50.0 Å². The highest BCUT2D eigenvalue weighted by Crippen LogP contribution is 2.36. The van der Waals surface area contributed by atoms with Crippen molar-refractivity contribution in [2.75, 3.05) is 24.7 Å².